The molecule has 0 bridgehead atoms. The fourth-order valence-corrected chi connectivity index (χ4v) is 5.24. The number of carbonyl (C=O) groups excluding carboxylic acids is 1. The van der Waals surface area contributed by atoms with Gasteiger partial charge in [0.1, 0.15) is 5.69 Å². The largest absolute Gasteiger partial charge is 0.340 e. The molecule has 2 fully saturated rings. The van der Waals surface area contributed by atoms with Gasteiger partial charge in [0, 0.05) is 67.4 Å². The molecule has 2 aliphatic rings. The Bertz CT molecular complexity index is 1320. The highest BCUT2D eigenvalue weighted by Gasteiger charge is 2.43. The third kappa shape index (κ3) is 3.42. The van der Waals surface area contributed by atoms with Crippen LogP contribution in [0.5, 0.6) is 0 Å². The Labute approximate surface area is 191 Å². The number of carbonyl (C=O) groups is 1. The molecule has 0 radical (unpaired) electrons. The third-order valence-electron chi connectivity index (χ3n) is 6.73. The molecular formula is C25H25N7O. The summed E-state index contributed by atoms with van der Waals surface area (Å²) in [6.07, 6.45) is 5.20. The number of amides is 1. The Kier molecular flexibility index (Phi) is 4.60. The smallest absolute Gasteiger partial charge is 0.258 e. The number of rotatable bonds is 3. The van der Waals surface area contributed by atoms with Crippen LogP contribution in [-0.4, -0.2) is 61.6 Å². The van der Waals surface area contributed by atoms with Crippen molar-refractivity contribution in [3.8, 4) is 11.3 Å². The third-order valence-corrected chi connectivity index (χ3v) is 6.73. The quantitative estimate of drug-likeness (QED) is 0.488. The van der Waals surface area contributed by atoms with Gasteiger partial charge < -0.3 is 9.80 Å². The molecule has 3 aromatic heterocycles. The van der Waals surface area contributed by atoms with Crippen molar-refractivity contribution in [2.45, 2.75) is 13.8 Å². The van der Waals surface area contributed by atoms with Crippen molar-refractivity contribution >= 4 is 17.4 Å². The highest BCUT2D eigenvalue weighted by molar-refractivity contribution is 6.06. The second kappa shape index (κ2) is 7.65. The number of nitrogens with zero attached hydrogens (tertiary/aromatic N) is 7. The summed E-state index contributed by atoms with van der Waals surface area (Å²) in [5.41, 5.74) is 4.98. The first-order valence-corrected chi connectivity index (χ1v) is 11.3. The molecule has 2 atom stereocenters. The molecule has 0 unspecified atom stereocenters. The number of likely N-dealkylation sites (tertiary alicyclic amines) is 1. The van der Waals surface area contributed by atoms with E-state index in [2.05, 4.69) is 19.9 Å². The second-order valence-electron chi connectivity index (χ2n) is 9.08. The number of anilines is 1. The van der Waals surface area contributed by atoms with E-state index in [-0.39, 0.29) is 5.91 Å². The zero-order valence-corrected chi connectivity index (χ0v) is 18.7. The molecule has 2 aliphatic heterocycles. The Morgan fingerprint density at radius 3 is 2.36 bits per heavy atom. The van der Waals surface area contributed by atoms with Gasteiger partial charge in [-0.1, -0.05) is 30.3 Å². The number of hydrogen-bond acceptors (Lipinski definition) is 6. The van der Waals surface area contributed by atoms with Crippen molar-refractivity contribution in [1.82, 2.24) is 29.5 Å². The highest BCUT2D eigenvalue weighted by atomic mass is 16.2. The summed E-state index contributed by atoms with van der Waals surface area (Å²) in [5, 5.41) is 4.72. The number of benzene rings is 1. The van der Waals surface area contributed by atoms with Crippen molar-refractivity contribution in [3.05, 3.63) is 71.9 Å². The minimum Gasteiger partial charge on any atom is -0.340 e. The topological polar surface area (TPSA) is 79.5 Å². The van der Waals surface area contributed by atoms with E-state index in [1.807, 2.05) is 55.1 Å². The van der Waals surface area contributed by atoms with Gasteiger partial charge in [-0.05, 0) is 19.9 Å². The first kappa shape index (κ1) is 19.8. The van der Waals surface area contributed by atoms with Crippen LogP contribution in [0.15, 0.2) is 55.0 Å². The minimum atomic E-state index is 0.0282. The van der Waals surface area contributed by atoms with Gasteiger partial charge in [-0.25, -0.2) is 14.5 Å². The second-order valence-corrected chi connectivity index (χ2v) is 9.08. The molecule has 0 aliphatic carbocycles. The molecule has 0 N–H and O–H groups in total. The summed E-state index contributed by atoms with van der Waals surface area (Å²) in [4.78, 5) is 31.6. The number of fused-ring (bicyclic) bond motifs is 2. The Balaban J connectivity index is 1.27. The van der Waals surface area contributed by atoms with Crippen molar-refractivity contribution < 1.29 is 4.79 Å². The first-order chi connectivity index (χ1) is 16.1. The van der Waals surface area contributed by atoms with Gasteiger partial charge in [0.05, 0.1) is 17.3 Å². The predicted octanol–water partition coefficient (Wildman–Crippen LogP) is 3.01. The van der Waals surface area contributed by atoms with Crippen LogP contribution in [0.1, 0.15) is 21.7 Å². The standard InChI is InChI=1S/C25H25N7O/c1-16-10-17(2)28-25(27-16)31-14-19-12-30(13-20(19)15-31)24(33)22-21-11-26-8-9-32(21)29-23(22)18-6-4-3-5-7-18/h3-11,19-20H,12-15H2,1-2H3/t19-,20+. The minimum absolute atomic E-state index is 0.0282. The number of aryl methyl sites for hydroxylation is 2. The average Bonchev–Trinajstić information content (AvgIpc) is 3.50. The first-order valence-electron chi connectivity index (χ1n) is 11.3. The van der Waals surface area contributed by atoms with E-state index in [0.717, 1.165) is 54.6 Å². The lowest BCUT2D eigenvalue weighted by atomic mass is 10.0. The maximum atomic E-state index is 13.8. The van der Waals surface area contributed by atoms with Crippen LogP contribution in [0.25, 0.3) is 16.8 Å². The number of hydrogen-bond donors (Lipinski definition) is 0. The molecule has 0 spiro atoms. The van der Waals surface area contributed by atoms with E-state index in [1.54, 1.807) is 23.1 Å². The van der Waals surface area contributed by atoms with E-state index in [0.29, 0.717) is 23.1 Å². The van der Waals surface area contributed by atoms with Gasteiger partial charge in [-0.3, -0.25) is 9.78 Å². The van der Waals surface area contributed by atoms with E-state index in [4.69, 9.17) is 5.10 Å². The van der Waals surface area contributed by atoms with Crippen LogP contribution in [0.3, 0.4) is 0 Å². The van der Waals surface area contributed by atoms with E-state index in [1.165, 1.54) is 0 Å². The maximum absolute atomic E-state index is 13.8. The Hall–Kier alpha value is -3.81. The highest BCUT2D eigenvalue weighted by Crippen LogP contribution is 2.35. The SMILES string of the molecule is Cc1cc(C)nc(N2C[C@H]3CN(C(=O)c4c(-c5ccccc5)nn5ccncc45)C[C@H]3C2)n1. The summed E-state index contributed by atoms with van der Waals surface area (Å²) < 4.78 is 1.75. The van der Waals surface area contributed by atoms with Crippen molar-refractivity contribution in [1.29, 1.82) is 0 Å². The fraction of sp³-hybridized carbons (Fsp3) is 0.320. The molecule has 1 amide bonds. The maximum Gasteiger partial charge on any atom is 0.258 e. The summed E-state index contributed by atoms with van der Waals surface area (Å²) in [5.74, 6) is 1.66. The van der Waals surface area contributed by atoms with Crippen LogP contribution in [0.4, 0.5) is 5.95 Å². The van der Waals surface area contributed by atoms with Crippen LogP contribution in [-0.2, 0) is 0 Å². The average molecular weight is 440 g/mol. The van der Waals surface area contributed by atoms with Gasteiger partial charge in [0.25, 0.3) is 5.91 Å². The normalized spacial score (nSPS) is 19.9. The lowest BCUT2D eigenvalue weighted by Crippen LogP contribution is -2.34. The van der Waals surface area contributed by atoms with E-state index >= 15 is 0 Å². The lowest BCUT2D eigenvalue weighted by molar-refractivity contribution is 0.0785. The number of aromatic nitrogens is 5. The molecule has 6 rings (SSSR count). The summed E-state index contributed by atoms with van der Waals surface area (Å²) in [7, 11) is 0. The molecule has 1 aromatic carbocycles. The van der Waals surface area contributed by atoms with Gasteiger partial charge in [0.2, 0.25) is 5.95 Å². The van der Waals surface area contributed by atoms with Gasteiger partial charge in [-0.15, -0.1) is 0 Å². The van der Waals surface area contributed by atoms with Crippen molar-refractivity contribution in [2.75, 3.05) is 31.1 Å². The fourth-order valence-electron chi connectivity index (χ4n) is 5.24. The van der Waals surface area contributed by atoms with Crippen LogP contribution in [0, 0.1) is 25.7 Å². The zero-order valence-electron chi connectivity index (χ0n) is 18.7. The van der Waals surface area contributed by atoms with Crippen molar-refractivity contribution in [2.24, 2.45) is 11.8 Å². The summed E-state index contributed by atoms with van der Waals surface area (Å²) in [6.45, 7) is 7.22. The molecule has 8 heteroatoms. The predicted molar refractivity (Wildman–Crippen MR) is 125 cm³/mol. The molecule has 0 saturated carbocycles. The molecule has 33 heavy (non-hydrogen) atoms. The van der Waals surface area contributed by atoms with Gasteiger partial charge in [0.15, 0.2) is 0 Å². The van der Waals surface area contributed by atoms with Gasteiger partial charge in [-0.2, -0.15) is 5.10 Å². The molecule has 8 nitrogen and oxygen atoms in total. The van der Waals surface area contributed by atoms with Crippen molar-refractivity contribution in [3.63, 3.8) is 0 Å². The van der Waals surface area contributed by atoms with Crippen LogP contribution < -0.4 is 4.90 Å². The summed E-state index contributed by atoms with van der Waals surface area (Å²) >= 11 is 0. The lowest BCUT2D eigenvalue weighted by Gasteiger charge is -2.22. The molecule has 166 valence electrons. The molecule has 5 heterocycles. The van der Waals surface area contributed by atoms with Crippen LogP contribution >= 0.6 is 0 Å². The Morgan fingerprint density at radius 2 is 1.67 bits per heavy atom. The molecular weight excluding hydrogens is 414 g/mol. The summed E-state index contributed by atoms with van der Waals surface area (Å²) in [6, 6.07) is 11.9. The van der Waals surface area contributed by atoms with Gasteiger partial charge >= 0.3 is 0 Å². The van der Waals surface area contributed by atoms with E-state index in [9.17, 15) is 4.79 Å². The zero-order chi connectivity index (χ0) is 22.5. The van der Waals surface area contributed by atoms with Crippen LogP contribution in [0.2, 0.25) is 0 Å². The molecule has 4 aromatic rings. The van der Waals surface area contributed by atoms with E-state index < -0.39 is 0 Å². The molecule has 2 saturated heterocycles. The Morgan fingerprint density at radius 1 is 0.970 bits per heavy atom. The monoisotopic (exact) mass is 439 g/mol.